The predicted molar refractivity (Wildman–Crippen MR) is 53.0 cm³/mol. The van der Waals surface area contributed by atoms with Gasteiger partial charge in [0, 0.05) is 5.75 Å². The van der Waals surface area contributed by atoms with E-state index in [1.807, 2.05) is 13.8 Å². The Labute approximate surface area is 82.6 Å². The van der Waals surface area contributed by atoms with Crippen LogP contribution in [-0.2, 0) is 0 Å². The van der Waals surface area contributed by atoms with Crippen molar-refractivity contribution >= 4 is 11.8 Å². The van der Waals surface area contributed by atoms with E-state index in [2.05, 4.69) is 4.98 Å². The number of aliphatic hydroxyl groups excluding tert-OH is 1. The van der Waals surface area contributed by atoms with Gasteiger partial charge in [-0.2, -0.15) is 0 Å². The summed E-state index contributed by atoms with van der Waals surface area (Å²) in [6, 6.07) is 0. The quantitative estimate of drug-likeness (QED) is 0.758. The van der Waals surface area contributed by atoms with Crippen LogP contribution in [0.5, 0.6) is 0 Å². The summed E-state index contributed by atoms with van der Waals surface area (Å²) in [5, 5.41) is 9.73. The SMILES string of the molecule is Cc1nc(SCCC(C)O)oc1C. The van der Waals surface area contributed by atoms with Gasteiger partial charge < -0.3 is 9.52 Å². The predicted octanol–water partition coefficient (Wildman–Crippen LogP) is 2.15. The molecule has 1 rings (SSSR count). The molecule has 13 heavy (non-hydrogen) atoms. The molecule has 1 aromatic rings. The van der Waals surface area contributed by atoms with E-state index in [-0.39, 0.29) is 6.10 Å². The van der Waals surface area contributed by atoms with Crippen LogP contribution in [0.3, 0.4) is 0 Å². The van der Waals surface area contributed by atoms with Crippen LogP contribution in [0.4, 0.5) is 0 Å². The van der Waals surface area contributed by atoms with Crippen LogP contribution in [0, 0.1) is 13.8 Å². The lowest BCUT2D eigenvalue weighted by Gasteiger charge is -1.99. The molecule has 1 N–H and O–H groups in total. The zero-order valence-electron chi connectivity index (χ0n) is 8.20. The van der Waals surface area contributed by atoms with E-state index in [1.54, 1.807) is 18.7 Å². The van der Waals surface area contributed by atoms with Crippen LogP contribution in [0.1, 0.15) is 24.8 Å². The first kappa shape index (κ1) is 10.6. The second-order valence-electron chi connectivity index (χ2n) is 3.11. The molecule has 3 nitrogen and oxygen atoms in total. The fourth-order valence-corrected chi connectivity index (χ4v) is 1.84. The van der Waals surface area contributed by atoms with Crippen LogP contribution in [-0.4, -0.2) is 21.9 Å². The summed E-state index contributed by atoms with van der Waals surface area (Å²) in [5.74, 6) is 1.72. The van der Waals surface area contributed by atoms with Gasteiger partial charge >= 0.3 is 0 Å². The van der Waals surface area contributed by atoms with Gasteiger partial charge in [0.2, 0.25) is 0 Å². The van der Waals surface area contributed by atoms with Crippen molar-refractivity contribution in [2.24, 2.45) is 0 Å². The van der Waals surface area contributed by atoms with Crippen molar-refractivity contribution < 1.29 is 9.52 Å². The van der Waals surface area contributed by atoms with E-state index in [0.29, 0.717) is 5.22 Å². The first-order valence-electron chi connectivity index (χ1n) is 4.34. The number of hydrogen-bond acceptors (Lipinski definition) is 4. The summed E-state index contributed by atoms with van der Waals surface area (Å²) >= 11 is 1.55. The molecule has 74 valence electrons. The molecule has 0 aromatic carbocycles. The Balaban J connectivity index is 2.37. The Kier molecular flexibility index (Phi) is 3.81. The maximum atomic E-state index is 9.03. The highest BCUT2D eigenvalue weighted by atomic mass is 32.2. The van der Waals surface area contributed by atoms with E-state index in [1.165, 1.54) is 0 Å². The second-order valence-corrected chi connectivity index (χ2v) is 4.15. The number of oxazole rings is 1. The van der Waals surface area contributed by atoms with Crippen LogP contribution >= 0.6 is 11.8 Å². The number of aromatic nitrogens is 1. The normalized spacial score (nSPS) is 13.2. The first-order valence-corrected chi connectivity index (χ1v) is 5.33. The molecule has 1 aromatic heterocycles. The highest BCUT2D eigenvalue weighted by molar-refractivity contribution is 7.99. The summed E-state index contributed by atoms with van der Waals surface area (Å²) in [6.07, 6.45) is 0.523. The second kappa shape index (κ2) is 4.67. The molecule has 1 heterocycles. The molecule has 1 unspecified atom stereocenters. The number of thioether (sulfide) groups is 1. The monoisotopic (exact) mass is 201 g/mol. The molecule has 0 fully saturated rings. The minimum absolute atomic E-state index is 0.246. The minimum Gasteiger partial charge on any atom is -0.437 e. The number of aryl methyl sites for hydroxylation is 2. The first-order chi connectivity index (χ1) is 6.09. The summed E-state index contributed by atoms with van der Waals surface area (Å²) in [5.41, 5.74) is 0.944. The molecule has 0 radical (unpaired) electrons. The number of rotatable bonds is 4. The Morgan fingerprint density at radius 2 is 2.23 bits per heavy atom. The third-order valence-electron chi connectivity index (χ3n) is 1.77. The lowest BCUT2D eigenvalue weighted by Crippen LogP contribution is -2.00. The van der Waals surface area contributed by atoms with Crippen molar-refractivity contribution in [3.8, 4) is 0 Å². The molecule has 0 spiro atoms. The third-order valence-corrected chi connectivity index (χ3v) is 2.63. The molecule has 4 heteroatoms. The van der Waals surface area contributed by atoms with E-state index in [4.69, 9.17) is 9.52 Å². The van der Waals surface area contributed by atoms with Crippen molar-refractivity contribution in [2.45, 2.75) is 38.5 Å². The summed E-state index contributed by atoms with van der Waals surface area (Å²) in [7, 11) is 0. The fraction of sp³-hybridized carbons (Fsp3) is 0.667. The number of aliphatic hydroxyl groups is 1. The summed E-state index contributed by atoms with van der Waals surface area (Å²) in [4.78, 5) is 4.22. The van der Waals surface area contributed by atoms with Crippen molar-refractivity contribution in [2.75, 3.05) is 5.75 Å². The van der Waals surface area contributed by atoms with Gasteiger partial charge in [0.15, 0.2) is 0 Å². The van der Waals surface area contributed by atoms with Gasteiger partial charge in [0.05, 0.1) is 11.8 Å². The highest BCUT2D eigenvalue weighted by Gasteiger charge is 2.06. The zero-order valence-corrected chi connectivity index (χ0v) is 9.02. The van der Waals surface area contributed by atoms with Gasteiger partial charge in [-0.3, -0.25) is 0 Å². The molecule has 1 atom stereocenters. The van der Waals surface area contributed by atoms with Gasteiger partial charge in [-0.05, 0) is 27.2 Å². The molecule has 0 saturated heterocycles. The Morgan fingerprint density at radius 1 is 1.54 bits per heavy atom. The van der Waals surface area contributed by atoms with E-state index < -0.39 is 0 Å². The van der Waals surface area contributed by atoms with Crippen LogP contribution in [0.2, 0.25) is 0 Å². The van der Waals surface area contributed by atoms with E-state index in [0.717, 1.165) is 23.6 Å². The Bertz CT molecular complexity index is 251. The maximum Gasteiger partial charge on any atom is 0.256 e. The smallest absolute Gasteiger partial charge is 0.256 e. The average Bonchev–Trinajstić information content (AvgIpc) is 2.30. The average molecular weight is 201 g/mol. The standard InChI is InChI=1S/C9H15NO2S/c1-6(11)4-5-13-9-10-7(2)8(3)12-9/h6,11H,4-5H2,1-3H3. The number of nitrogens with zero attached hydrogens (tertiary/aromatic N) is 1. The molecule has 0 aliphatic rings. The van der Waals surface area contributed by atoms with E-state index >= 15 is 0 Å². The van der Waals surface area contributed by atoms with Gasteiger partial charge in [-0.25, -0.2) is 4.98 Å². The molecular weight excluding hydrogens is 186 g/mol. The zero-order chi connectivity index (χ0) is 9.84. The van der Waals surface area contributed by atoms with Crippen LogP contribution in [0.15, 0.2) is 9.64 Å². The van der Waals surface area contributed by atoms with Crippen molar-refractivity contribution in [1.29, 1.82) is 0 Å². The largest absolute Gasteiger partial charge is 0.437 e. The Hall–Kier alpha value is -0.480. The topological polar surface area (TPSA) is 46.3 Å². The molecular formula is C9H15NO2S. The summed E-state index contributed by atoms with van der Waals surface area (Å²) < 4.78 is 5.37. The van der Waals surface area contributed by atoms with Crippen molar-refractivity contribution in [1.82, 2.24) is 4.98 Å². The van der Waals surface area contributed by atoms with Gasteiger partial charge in [-0.1, -0.05) is 11.8 Å². The maximum absolute atomic E-state index is 9.03. The Morgan fingerprint density at radius 3 is 2.69 bits per heavy atom. The fourth-order valence-electron chi connectivity index (χ4n) is 0.822. The third kappa shape index (κ3) is 3.40. The molecule has 0 saturated carbocycles. The van der Waals surface area contributed by atoms with Gasteiger partial charge in [0.25, 0.3) is 5.22 Å². The minimum atomic E-state index is -0.246. The van der Waals surface area contributed by atoms with E-state index in [9.17, 15) is 0 Å². The van der Waals surface area contributed by atoms with Crippen LogP contribution < -0.4 is 0 Å². The molecule has 0 aliphatic heterocycles. The lowest BCUT2D eigenvalue weighted by atomic mass is 10.3. The summed E-state index contributed by atoms with van der Waals surface area (Å²) in [6.45, 7) is 5.62. The van der Waals surface area contributed by atoms with Crippen LogP contribution in [0.25, 0.3) is 0 Å². The molecule has 0 amide bonds. The molecule has 0 bridgehead atoms. The highest BCUT2D eigenvalue weighted by Crippen LogP contribution is 2.20. The number of hydrogen-bond donors (Lipinski definition) is 1. The van der Waals surface area contributed by atoms with Gasteiger partial charge in [0.1, 0.15) is 5.76 Å². The lowest BCUT2D eigenvalue weighted by molar-refractivity contribution is 0.192. The van der Waals surface area contributed by atoms with Gasteiger partial charge in [-0.15, -0.1) is 0 Å². The van der Waals surface area contributed by atoms with Crippen molar-refractivity contribution in [3.05, 3.63) is 11.5 Å². The van der Waals surface area contributed by atoms with Crippen molar-refractivity contribution in [3.63, 3.8) is 0 Å². The molecule has 0 aliphatic carbocycles.